The summed E-state index contributed by atoms with van der Waals surface area (Å²) in [4.78, 5) is 10.6. The van der Waals surface area contributed by atoms with Crippen LogP contribution in [0.5, 0.6) is 5.75 Å². The molecule has 0 N–H and O–H groups in total. The molecule has 1 aromatic carbocycles. The van der Waals surface area contributed by atoms with Crippen LogP contribution in [0.3, 0.4) is 0 Å². The zero-order valence-corrected chi connectivity index (χ0v) is 20.1. The maximum Gasteiger partial charge on any atom is 0.419 e. The van der Waals surface area contributed by atoms with Crippen molar-refractivity contribution in [2.75, 3.05) is 19.7 Å². The molecule has 1 fully saturated rings. The lowest BCUT2D eigenvalue weighted by Gasteiger charge is -2.31. The average Bonchev–Trinajstić information content (AvgIpc) is 3.54. The third kappa shape index (κ3) is 5.41. The third-order valence-corrected chi connectivity index (χ3v) is 6.62. The summed E-state index contributed by atoms with van der Waals surface area (Å²) in [6.45, 7) is 2.61. The van der Waals surface area contributed by atoms with Gasteiger partial charge in [0.05, 0.1) is 36.1 Å². The van der Waals surface area contributed by atoms with Crippen molar-refractivity contribution in [2.24, 2.45) is 13.0 Å². The summed E-state index contributed by atoms with van der Waals surface area (Å²) in [6.07, 6.45) is 1.10. The second kappa shape index (κ2) is 10.2. The Bertz CT molecular complexity index is 1420. The first-order valence-corrected chi connectivity index (χ1v) is 11.9. The monoisotopic (exact) mass is 511 g/mol. The molecule has 0 saturated carbocycles. The van der Waals surface area contributed by atoms with E-state index < -0.39 is 11.7 Å². The van der Waals surface area contributed by atoms with E-state index >= 15 is 0 Å². The summed E-state index contributed by atoms with van der Waals surface area (Å²) in [5, 5.41) is 17.2. The van der Waals surface area contributed by atoms with Crippen molar-refractivity contribution >= 4 is 11.0 Å². The minimum Gasteiger partial charge on any atom is -0.493 e. The number of aryl methyl sites for hydroxylation is 1. The molecule has 0 amide bonds. The van der Waals surface area contributed by atoms with Gasteiger partial charge < -0.3 is 9.15 Å². The normalized spacial score (nSPS) is 15.2. The van der Waals surface area contributed by atoms with Crippen molar-refractivity contribution in [1.29, 1.82) is 5.26 Å². The molecule has 4 heterocycles. The number of nitriles is 1. The molecule has 37 heavy (non-hydrogen) atoms. The minimum absolute atomic E-state index is 0.000885. The Hall–Kier alpha value is -3.98. The number of aromatic nitrogens is 5. The molecule has 3 aromatic heterocycles. The number of hydrogen-bond donors (Lipinski definition) is 0. The van der Waals surface area contributed by atoms with E-state index in [2.05, 4.69) is 25.2 Å². The zero-order chi connectivity index (χ0) is 26.0. The first-order valence-electron chi connectivity index (χ1n) is 11.9. The molecule has 192 valence electrons. The molecule has 0 bridgehead atoms. The van der Waals surface area contributed by atoms with Crippen LogP contribution >= 0.6 is 0 Å². The van der Waals surface area contributed by atoms with Gasteiger partial charge in [-0.2, -0.15) is 18.4 Å². The average molecular weight is 512 g/mol. The van der Waals surface area contributed by atoms with Crippen LogP contribution in [-0.2, 0) is 19.8 Å². The van der Waals surface area contributed by atoms with Crippen LogP contribution < -0.4 is 4.74 Å². The number of piperidine rings is 1. The van der Waals surface area contributed by atoms with Crippen LogP contribution in [0.15, 0.2) is 41.1 Å². The van der Waals surface area contributed by atoms with E-state index in [9.17, 15) is 18.4 Å². The fraction of sp³-hybridized carbons (Fsp3) is 0.400. The second-order valence-corrected chi connectivity index (χ2v) is 9.04. The fourth-order valence-corrected chi connectivity index (χ4v) is 4.58. The van der Waals surface area contributed by atoms with E-state index in [1.54, 1.807) is 25.6 Å². The van der Waals surface area contributed by atoms with Gasteiger partial charge >= 0.3 is 6.18 Å². The number of likely N-dealkylation sites (tertiary alicyclic amines) is 1. The van der Waals surface area contributed by atoms with Gasteiger partial charge in [0.15, 0.2) is 5.69 Å². The highest BCUT2D eigenvalue weighted by atomic mass is 19.4. The Morgan fingerprint density at radius 1 is 1.22 bits per heavy atom. The molecular weight excluding hydrogens is 487 g/mol. The topological polar surface area (TPSA) is 106 Å². The van der Waals surface area contributed by atoms with Gasteiger partial charge in [-0.25, -0.2) is 14.6 Å². The molecule has 12 heteroatoms. The Balaban J connectivity index is 1.26. The first kappa shape index (κ1) is 24.7. The van der Waals surface area contributed by atoms with Crippen LogP contribution in [0.2, 0.25) is 0 Å². The second-order valence-electron chi connectivity index (χ2n) is 9.04. The molecule has 1 aliphatic rings. The van der Waals surface area contributed by atoms with E-state index in [1.807, 2.05) is 6.07 Å². The highest BCUT2D eigenvalue weighted by Gasteiger charge is 2.35. The number of fused-ring (bicyclic) bond motifs is 1. The van der Waals surface area contributed by atoms with Gasteiger partial charge in [0.2, 0.25) is 5.89 Å². The van der Waals surface area contributed by atoms with Crippen LogP contribution in [0, 0.1) is 17.2 Å². The molecule has 1 saturated heterocycles. The van der Waals surface area contributed by atoms with Crippen LogP contribution in [0.4, 0.5) is 13.2 Å². The highest BCUT2D eigenvalue weighted by molar-refractivity contribution is 5.83. The first-order chi connectivity index (χ1) is 17.8. The smallest absolute Gasteiger partial charge is 0.419 e. The van der Waals surface area contributed by atoms with Gasteiger partial charge in [-0.15, -0.1) is 5.10 Å². The van der Waals surface area contributed by atoms with Crippen molar-refractivity contribution < 1.29 is 22.3 Å². The Kier molecular flexibility index (Phi) is 6.80. The SMILES string of the molecule is Cn1nnc2c(C#N)nc(-c3ccc(OCCC4CCN(Cc5ncco5)CC4)c(C(F)(F)F)c3)cc21. The molecular formula is C25H24F3N7O2. The van der Waals surface area contributed by atoms with E-state index in [-0.39, 0.29) is 29.3 Å². The van der Waals surface area contributed by atoms with Crippen molar-refractivity contribution in [1.82, 2.24) is 29.9 Å². The number of hydrogen-bond acceptors (Lipinski definition) is 8. The highest BCUT2D eigenvalue weighted by Crippen LogP contribution is 2.39. The molecule has 1 aliphatic heterocycles. The van der Waals surface area contributed by atoms with Gasteiger partial charge in [-0.05, 0) is 62.5 Å². The predicted octanol–water partition coefficient (Wildman–Crippen LogP) is 4.59. The summed E-state index contributed by atoms with van der Waals surface area (Å²) in [5.74, 6) is 0.837. The van der Waals surface area contributed by atoms with Crippen LogP contribution in [0.25, 0.3) is 22.3 Å². The zero-order valence-electron chi connectivity index (χ0n) is 20.1. The Morgan fingerprint density at radius 2 is 2.03 bits per heavy atom. The predicted molar refractivity (Wildman–Crippen MR) is 126 cm³/mol. The maximum atomic E-state index is 13.9. The number of pyridine rings is 1. The van der Waals surface area contributed by atoms with Crippen LogP contribution in [0.1, 0.15) is 36.4 Å². The largest absolute Gasteiger partial charge is 0.493 e. The number of ether oxygens (including phenoxy) is 1. The molecule has 0 aliphatic carbocycles. The maximum absolute atomic E-state index is 13.9. The molecule has 0 atom stereocenters. The Morgan fingerprint density at radius 3 is 2.73 bits per heavy atom. The number of rotatable bonds is 7. The van der Waals surface area contributed by atoms with Crippen molar-refractivity contribution in [3.8, 4) is 23.1 Å². The molecule has 5 rings (SSSR count). The molecule has 0 unspecified atom stereocenters. The van der Waals surface area contributed by atoms with Crippen molar-refractivity contribution in [3.05, 3.63) is 53.9 Å². The number of nitrogens with zero attached hydrogens (tertiary/aromatic N) is 7. The lowest BCUT2D eigenvalue weighted by Crippen LogP contribution is -2.33. The number of halogens is 3. The van der Waals surface area contributed by atoms with Gasteiger partial charge in [0.1, 0.15) is 23.6 Å². The summed E-state index contributed by atoms with van der Waals surface area (Å²) < 4.78 is 54.2. The van der Waals surface area contributed by atoms with Crippen molar-refractivity contribution in [2.45, 2.75) is 32.0 Å². The quantitative estimate of drug-likeness (QED) is 0.355. The van der Waals surface area contributed by atoms with Gasteiger partial charge in [0.25, 0.3) is 0 Å². The molecule has 0 spiro atoms. The Labute approximate surface area is 210 Å². The van der Waals surface area contributed by atoms with Crippen molar-refractivity contribution in [3.63, 3.8) is 0 Å². The number of alkyl halides is 3. The summed E-state index contributed by atoms with van der Waals surface area (Å²) in [6, 6.07) is 7.35. The summed E-state index contributed by atoms with van der Waals surface area (Å²) >= 11 is 0. The van der Waals surface area contributed by atoms with E-state index in [0.717, 1.165) is 32.0 Å². The lowest BCUT2D eigenvalue weighted by atomic mass is 9.94. The third-order valence-electron chi connectivity index (χ3n) is 6.62. The van der Waals surface area contributed by atoms with E-state index in [4.69, 9.17) is 9.15 Å². The van der Waals surface area contributed by atoms with E-state index in [1.165, 1.54) is 16.8 Å². The van der Waals surface area contributed by atoms with Crippen LogP contribution in [-0.4, -0.2) is 49.6 Å². The standard InChI is InChI=1S/C25H24F3N7O2/c1-34-21-13-19(31-20(14-29)24(21)32-33-34)17-2-3-22(18(12-17)25(26,27)28)36-10-6-16-4-8-35(9-5-16)15-23-30-7-11-37-23/h2-3,7,11-13,16H,4-6,8-10,15H2,1H3. The fourth-order valence-electron chi connectivity index (χ4n) is 4.58. The molecule has 0 radical (unpaired) electrons. The number of oxazole rings is 1. The van der Waals surface area contributed by atoms with Gasteiger partial charge in [-0.1, -0.05) is 5.21 Å². The van der Waals surface area contributed by atoms with Gasteiger partial charge in [0, 0.05) is 12.6 Å². The van der Waals surface area contributed by atoms with Gasteiger partial charge in [-0.3, -0.25) is 4.90 Å². The number of benzene rings is 1. The summed E-state index contributed by atoms with van der Waals surface area (Å²) in [7, 11) is 1.64. The summed E-state index contributed by atoms with van der Waals surface area (Å²) in [5.41, 5.74) is 0.367. The molecule has 9 nitrogen and oxygen atoms in total. The molecule has 4 aromatic rings. The van der Waals surface area contributed by atoms with E-state index in [0.29, 0.717) is 35.8 Å². The minimum atomic E-state index is -4.62. The lowest BCUT2D eigenvalue weighted by molar-refractivity contribution is -0.138.